The monoisotopic (exact) mass is 560 g/mol. The number of fused-ring (bicyclic) bond motifs is 2. The Morgan fingerprint density at radius 1 is 1.18 bits per heavy atom. The van der Waals surface area contributed by atoms with Crippen LogP contribution in [0.3, 0.4) is 0 Å². The van der Waals surface area contributed by atoms with E-state index in [4.69, 9.17) is 21.1 Å². The van der Waals surface area contributed by atoms with Crippen LogP contribution in [0.15, 0.2) is 66.2 Å². The molecule has 0 aliphatic carbocycles. The normalized spacial score (nSPS) is 19.9. The standard InChI is InChI=1S/C30H25ClN2O5S/c1-3-11-37-21-6-4-5-17(14-21)26-25(27(34)18-7-10-23-19(13-18)12-16(2)38-23)28(35)29(36)33(26)30-32-22-9-8-20(31)15-24(22)39-30/h4-10,13-16,26,34H,3,11-12H2,1-2H3/b27-25+/t16-,26+/m1/s1. The zero-order valence-electron chi connectivity index (χ0n) is 21.3. The Labute approximate surface area is 234 Å². The Morgan fingerprint density at radius 2 is 2.03 bits per heavy atom. The number of halogens is 1. The molecule has 39 heavy (non-hydrogen) atoms. The molecule has 2 aliphatic rings. The lowest BCUT2D eigenvalue weighted by atomic mass is 9.94. The molecule has 1 aromatic heterocycles. The fourth-order valence-corrected chi connectivity index (χ4v) is 6.32. The zero-order valence-corrected chi connectivity index (χ0v) is 22.9. The van der Waals surface area contributed by atoms with E-state index in [1.807, 2.05) is 38.1 Å². The Morgan fingerprint density at radius 3 is 2.85 bits per heavy atom. The van der Waals surface area contributed by atoms with Crippen LogP contribution in [0, 0.1) is 0 Å². The molecule has 1 saturated heterocycles. The van der Waals surface area contributed by atoms with Crippen molar-refractivity contribution in [1.82, 2.24) is 4.98 Å². The van der Waals surface area contributed by atoms with Crippen molar-refractivity contribution in [2.45, 2.75) is 38.8 Å². The number of carbonyl (C=O) groups is 2. The Bertz CT molecular complexity index is 1660. The summed E-state index contributed by atoms with van der Waals surface area (Å²) < 4.78 is 12.4. The summed E-state index contributed by atoms with van der Waals surface area (Å²) in [4.78, 5) is 33.2. The Hall–Kier alpha value is -3.88. The molecule has 6 rings (SSSR count). The van der Waals surface area contributed by atoms with E-state index in [1.54, 1.807) is 36.4 Å². The van der Waals surface area contributed by atoms with Crippen molar-refractivity contribution in [1.29, 1.82) is 0 Å². The van der Waals surface area contributed by atoms with Gasteiger partial charge in [-0.3, -0.25) is 14.5 Å². The summed E-state index contributed by atoms with van der Waals surface area (Å²) in [5.41, 5.74) is 2.67. The minimum absolute atomic E-state index is 0.00292. The van der Waals surface area contributed by atoms with E-state index in [1.165, 1.54) is 16.2 Å². The third-order valence-corrected chi connectivity index (χ3v) is 8.06. The van der Waals surface area contributed by atoms with Gasteiger partial charge in [0.15, 0.2) is 5.13 Å². The van der Waals surface area contributed by atoms with Gasteiger partial charge in [0.05, 0.1) is 28.4 Å². The van der Waals surface area contributed by atoms with Gasteiger partial charge >= 0.3 is 5.91 Å². The van der Waals surface area contributed by atoms with Gasteiger partial charge in [0.2, 0.25) is 0 Å². The summed E-state index contributed by atoms with van der Waals surface area (Å²) in [5, 5.41) is 12.5. The van der Waals surface area contributed by atoms with Crippen molar-refractivity contribution >= 4 is 55.7 Å². The van der Waals surface area contributed by atoms with Crippen molar-refractivity contribution in [3.8, 4) is 11.5 Å². The van der Waals surface area contributed by atoms with E-state index in [0.29, 0.717) is 45.6 Å². The number of aliphatic hydroxyl groups is 1. The van der Waals surface area contributed by atoms with Crippen molar-refractivity contribution in [3.63, 3.8) is 0 Å². The first-order valence-electron chi connectivity index (χ1n) is 12.7. The minimum atomic E-state index is -0.908. The van der Waals surface area contributed by atoms with Crippen LogP contribution in [0.2, 0.25) is 5.02 Å². The SMILES string of the molecule is CCCOc1cccc([C@H]2/C(=C(\O)c3ccc4c(c3)C[C@@H](C)O4)C(=O)C(=O)N2c2nc3ccc(Cl)cc3s2)c1. The van der Waals surface area contributed by atoms with Crippen molar-refractivity contribution in [2.24, 2.45) is 0 Å². The van der Waals surface area contributed by atoms with Gasteiger partial charge in [-0.1, -0.05) is 42.0 Å². The number of amides is 1. The molecule has 0 saturated carbocycles. The lowest BCUT2D eigenvalue weighted by Gasteiger charge is -2.23. The average molecular weight is 561 g/mol. The number of aliphatic hydroxyl groups excluding tert-OH is 1. The second-order valence-corrected chi connectivity index (χ2v) is 11.1. The highest BCUT2D eigenvalue weighted by Gasteiger charge is 2.48. The molecule has 3 aromatic carbocycles. The summed E-state index contributed by atoms with van der Waals surface area (Å²) in [6.07, 6.45) is 1.55. The van der Waals surface area contributed by atoms with Crippen LogP contribution in [0.1, 0.15) is 43.0 Å². The molecule has 0 bridgehead atoms. The molecule has 4 aromatic rings. The van der Waals surface area contributed by atoms with Gasteiger partial charge in [-0.15, -0.1) is 0 Å². The van der Waals surface area contributed by atoms with Crippen molar-refractivity contribution < 1.29 is 24.2 Å². The van der Waals surface area contributed by atoms with E-state index in [-0.39, 0.29) is 17.4 Å². The number of anilines is 1. The number of nitrogens with zero attached hydrogens (tertiary/aromatic N) is 2. The smallest absolute Gasteiger partial charge is 0.301 e. The van der Waals surface area contributed by atoms with Gasteiger partial charge in [0, 0.05) is 17.0 Å². The maximum atomic E-state index is 13.6. The van der Waals surface area contributed by atoms with Crippen LogP contribution < -0.4 is 14.4 Å². The summed E-state index contributed by atoms with van der Waals surface area (Å²) in [7, 11) is 0. The number of rotatable bonds is 6. The molecular weight excluding hydrogens is 536 g/mol. The van der Waals surface area contributed by atoms with E-state index in [0.717, 1.165) is 22.4 Å². The minimum Gasteiger partial charge on any atom is -0.507 e. The van der Waals surface area contributed by atoms with E-state index < -0.39 is 17.7 Å². The van der Waals surface area contributed by atoms with Gasteiger partial charge in [-0.2, -0.15) is 0 Å². The summed E-state index contributed by atoms with van der Waals surface area (Å²) >= 11 is 7.45. The van der Waals surface area contributed by atoms with Crippen molar-refractivity contribution in [2.75, 3.05) is 11.5 Å². The second kappa shape index (κ2) is 10.0. The molecule has 0 radical (unpaired) electrons. The van der Waals surface area contributed by atoms with E-state index in [9.17, 15) is 14.7 Å². The van der Waals surface area contributed by atoms with Crippen LogP contribution in [0.4, 0.5) is 5.13 Å². The molecular formula is C30H25ClN2O5S. The number of carbonyl (C=O) groups excluding carboxylic acids is 2. The number of hydrogen-bond donors (Lipinski definition) is 1. The molecule has 2 aliphatic heterocycles. The number of benzene rings is 3. The highest BCUT2D eigenvalue weighted by molar-refractivity contribution is 7.22. The fraction of sp³-hybridized carbons (Fsp3) is 0.233. The third kappa shape index (κ3) is 4.53. The lowest BCUT2D eigenvalue weighted by Crippen LogP contribution is -2.29. The molecule has 0 unspecified atom stereocenters. The summed E-state index contributed by atoms with van der Waals surface area (Å²) in [6.45, 7) is 4.52. The van der Waals surface area contributed by atoms with E-state index >= 15 is 0 Å². The van der Waals surface area contributed by atoms with Crippen LogP contribution in [0.5, 0.6) is 11.5 Å². The van der Waals surface area contributed by atoms with Crippen LogP contribution in [-0.4, -0.2) is 34.5 Å². The zero-order chi connectivity index (χ0) is 27.3. The van der Waals surface area contributed by atoms with E-state index in [2.05, 4.69) is 4.98 Å². The van der Waals surface area contributed by atoms with Gasteiger partial charge in [-0.05, 0) is 73.0 Å². The molecule has 9 heteroatoms. The fourth-order valence-electron chi connectivity index (χ4n) is 5.05. The van der Waals surface area contributed by atoms with Gasteiger partial charge in [0.1, 0.15) is 23.4 Å². The van der Waals surface area contributed by atoms with Crippen LogP contribution in [-0.2, 0) is 16.0 Å². The second-order valence-electron chi connectivity index (χ2n) is 9.65. The highest BCUT2D eigenvalue weighted by Crippen LogP contribution is 2.45. The molecule has 7 nitrogen and oxygen atoms in total. The van der Waals surface area contributed by atoms with Crippen LogP contribution >= 0.6 is 22.9 Å². The molecule has 198 valence electrons. The molecule has 1 N–H and O–H groups in total. The number of aromatic nitrogens is 1. The molecule has 1 fully saturated rings. The largest absolute Gasteiger partial charge is 0.507 e. The van der Waals surface area contributed by atoms with Gasteiger partial charge in [-0.25, -0.2) is 4.98 Å². The number of ketones is 1. The maximum Gasteiger partial charge on any atom is 0.301 e. The first kappa shape index (κ1) is 25.4. The van der Waals surface area contributed by atoms with Crippen molar-refractivity contribution in [3.05, 3.63) is 87.9 Å². The first-order valence-corrected chi connectivity index (χ1v) is 13.9. The van der Waals surface area contributed by atoms with Gasteiger partial charge in [0.25, 0.3) is 5.78 Å². The lowest BCUT2D eigenvalue weighted by molar-refractivity contribution is -0.132. The number of Topliss-reactive ketones (excluding diaryl/α,β-unsaturated/α-hetero) is 1. The predicted molar refractivity (Wildman–Crippen MR) is 152 cm³/mol. The summed E-state index contributed by atoms with van der Waals surface area (Å²) in [5.74, 6) is -0.415. The average Bonchev–Trinajstić information content (AvgIpc) is 3.59. The topological polar surface area (TPSA) is 89.0 Å². The van der Waals surface area contributed by atoms with Gasteiger partial charge < -0.3 is 14.6 Å². The molecule has 3 heterocycles. The van der Waals surface area contributed by atoms with Crippen LogP contribution in [0.25, 0.3) is 16.0 Å². The quantitative estimate of drug-likeness (QED) is 0.161. The maximum absolute atomic E-state index is 13.6. The molecule has 1 amide bonds. The Balaban J connectivity index is 1.52. The number of thiazole rings is 1. The third-order valence-electron chi connectivity index (χ3n) is 6.81. The Kier molecular flexibility index (Phi) is 6.53. The number of ether oxygens (including phenoxy) is 2. The summed E-state index contributed by atoms with van der Waals surface area (Å²) in [6, 6.07) is 16.9. The number of hydrogen-bond acceptors (Lipinski definition) is 7. The molecule has 2 atom stereocenters. The molecule has 0 spiro atoms. The predicted octanol–water partition coefficient (Wildman–Crippen LogP) is 6.69. The highest BCUT2D eigenvalue weighted by atomic mass is 35.5. The first-order chi connectivity index (χ1) is 18.8.